The summed E-state index contributed by atoms with van der Waals surface area (Å²) in [4.78, 5) is 11.1. The number of rotatable bonds is 3. The van der Waals surface area contributed by atoms with Crippen molar-refractivity contribution in [2.75, 3.05) is 0 Å². The molecule has 0 radical (unpaired) electrons. The Balaban J connectivity index is 1.93. The SMILES string of the molecule is CC1=C(C)CCC(n2cc(-c3cccc(C(=O)O)c3)cn2)=C1. The average Bonchev–Trinajstić information content (AvgIpc) is 3.00. The summed E-state index contributed by atoms with van der Waals surface area (Å²) in [6.45, 7) is 4.28. The number of benzene rings is 1. The van der Waals surface area contributed by atoms with E-state index in [1.165, 1.54) is 16.8 Å². The molecule has 22 heavy (non-hydrogen) atoms. The smallest absolute Gasteiger partial charge is 0.335 e. The second kappa shape index (κ2) is 5.64. The number of aromatic nitrogens is 2. The molecule has 4 heteroatoms. The van der Waals surface area contributed by atoms with Crippen LogP contribution in [0, 0.1) is 0 Å². The summed E-state index contributed by atoms with van der Waals surface area (Å²) in [5.74, 6) is -0.916. The molecule has 1 aliphatic rings. The number of aromatic carboxylic acids is 1. The summed E-state index contributed by atoms with van der Waals surface area (Å²) in [5, 5.41) is 13.5. The summed E-state index contributed by atoms with van der Waals surface area (Å²) in [5.41, 5.74) is 5.97. The van der Waals surface area contributed by atoms with Gasteiger partial charge in [0.2, 0.25) is 0 Å². The molecule has 0 fully saturated rings. The van der Waals surface area contributed by atoms with Crippen LogP contribution in [0.15, 0.2) is 53.9 Å². The molecule has 0 saturated heterocycles. The van der Waals surface area contributed by atoms with Crippen molar-refractivity contribution in [1.29, 1.82) is 0 Å². The fourth-order valence-electron chi connectivity index (χ4n) is 2.60. The minimum Gasteiger partial charge on any atom is -0.478 e. The van der Waals surface area contributed by atoms with Gasteiger partial charge in [-0.1, -0.05) is 23.3 Å². The van der Waals surface area contributed by atoms with Crippen LogP contribution in [0.25, 0.3) is 16.8 Å². The average molecular weight is 294 g/mol. The van der Waals surface area contributed by atoms with Crippen LogP contribution in [0.3, 0.4) is 0 Å². The van der Waals surface area contributed by atoms with Crippen LogP contribution in [0.4, 0.5) is 0 Å². The van der Waals surface area contributed by atoms with E-state index in [1.54, 1.807) is 24.4 Å². The Morgan fingerprint density at radius 3 is 2.77 bits per heavy atom. The van der Waals surface area contributed by atoms with Crippen LogP contribution in [0.2, 0.25) is 0 Å². The summed E-state index contributed by atoms with van der Waals surface area (Å²) >= 11 is 0. The molecule has 112 valence electrons. The number of hydrogen-bond donors (Lipinski definition) is 1. The lowest BCUT2D eigenvalue weighted by Crippen LogP contribution is -2.02. The van der Waals surface area contributed by atoms with Crippen molar-refractivity contribution in [1.82, 2.24) is 9.78 Å². The maximum atomic E-state index is 11.1. The fourth-order valence-corrected chi connectivity index (χ4v) is 2.60. The molecule has 0 unspecified atom stereocenters. The first-order valence-electron chi connectivity index (χ1n) is 7.30. The number of allylic oxidation sites excluding steroid dienone is 4. The second-order valence-corrected chi connectivity index (χ2v) is 5.66. The van der Waals surface area contributed by atoms with Crippen LogP contribution in [-0.4, -0.2) is 20.9 Å². The molecule has 0 spiro atoms. The van der Waals surface area contributed by atoms with Gasteiger partial charge in [-0.25, -0.2) is 9.48 Å². The van der Waals surface area contributed by atoms with Crippen molar-refractivity contribution in [2.45, 2.75) is 26.7 Å². The van der Waals surface area contributed by atoms with Gasteiger partial charge < -0.3 is 5.11 Å². The number of hydrogen-bond acceptors (Lipinski definition) is 2. The number of carbonyl (C=O) groups is 1. The molecule has 0 amide bonds. The van der Waals surface area contributed by atoms with Gasteiger partial charge in [-0.05, 0) is 50.5 Å². The maximum absolute atomic E-state index is 11.1. The van der Waals surface area contributed by atoms with Gasteiger partial charge in [0.15, 0.2) is 0 Å². The van der Waals surface area contributed by atoms with Gasteiger partial charge in [0.05, 0.1) is 11.8 Å². The van der Waals surface area contributed by atoms with E-state index in [4.69, 9.17) is 5.11 Å². The van der Waals surface area contributed by atoms with Gasteiger partial charge >= 0.3 is 5.97 Å². The quantitative estimate of drug-likeness (QED) is 0.922. The standard InChI is InChI=1S/C18H18N2O2/c1-12-6-7-17(8-13(12)2)20-11-16(10-19-20)14-4-3-5-15(9-14)18(21)22/h3-5,8-11H,6-7H2,1-2H3,(H,21,22). The Morgan fingerprint density at radius 2 is 2.05 bits per heavy atom. The van der Waals surface area contributed by atoms with Gasteiger partial charge in [-0.3, -0.25) is 0 Å². The van der Waals surface area contributed by atoms with E-state index in [-0.39, 0.29) is 5.56 Å². The first-order chi connectivity index (χ1) is 10.5. The summed E-state index contributed by atoms with van der Waals surface area (Å²) in [6, 6.07) is 6.93. The van der Waals surface area contributed by atoms with Crippen molar-refractivity contribution < 1.29 is 9.90 Å². The minimum absolute atomic E-state index is 0.288. The van der Waals surface area contributed by atoms with Gasteiger partial charge in [0.25, 0.3) is 0 Å². The molecular weight excluding hydrogens is 276 g/mol. The molecule has 3 rings (SSSR count). The Morgan fingerprint density at radius 1 is 1.23 bits per heavy atom. The molecule has 1 heterocycles. The third kappa shape index (κ3) is 2.72. The van der Waals surface area contributed by atoms with E-state index in [0.717, 1.165) is 24.0 Å². The van der Waals surface area contributed by atoms with Crippen molar-refractivity contribution in [2.24, 2.45) is 0 Å². The van der Waals surface area contributed by atoms with E-state index < -0.39 is 5.97 Å². The molecule has 0 aliphatic heterocycles. The topological polar surface area (TPSA) is 55.1 Å². The molecule has 0 saturated carbocycles. The van der Waals surface area contributed by atoms with Crippen molar-refractivity contribution in [3.05, 3.63) is 59.4 Å². The Labute approximate surface area is 129 Å². The zero-order valence-electron chi connectivity index (χ0n) is 12.7. The van der Waals surface area contributed by atoms with Crippen molar-refractivity contribution in [3.8, 4) is 11.1 Å². The predicted octanol–water partition coefficient (Wildman–Crippen LogP) is 4.22. The van der Waals surface area contributed by atoms with Crippen molar-refractivity contribution >= 4 is 11.7 Å². The number of carboxylic acids is 1. The lowest BCUT2D eigenvalue weighted by atomic mass is 9.98. The highest BCUT2D eigenvalue weighted by atomic mass is 16.4. The number of nitrogens with zero attached hydrogens (tertiary/aromatic N) is 2. The summed E-state index contributed by atoms with van der Waals surface area (Å²) in [7, 11) is 0. The predicted molar refractivity (Wildman–Crippen MR) is 86.5 cm³/mol. The monoisotopic (exact) mass is 294 g/mol. The van der Waals surface area contributed by atoms with Gasteiger partial charge in [0, 0.05) is 17.5 Å². The molecule has 1 N–H and O–H groups in total. The van der Waals surface area contributed by atoms with Crippen LogP contribution < -0.4 is 0 Å². The first-order valence-corrected chi connectivity index (χ1v) is 7.30. The molecule has 1 aliphatic carbocycles. The highest BCUT2D eigenvalue weighted by Crippen LogP contribution is 2.28. The molecule has 1 aromatic heterocycles. The molecule has 1 aromatic carbocycles. The lowest BCUT2D eigenvalue weighted by Gasteiger charge is -2.15. The molecule has 4 nitrogen and oxygen atoms in total. The van der Waals surface area contributed by atoms with Gasteiger partial charge in [0.1, 0.15) is 0 Å². The Kier molecular flexibility index (Phi) is 3.67. The van der Waals surface area contributed by atoms with Crippen LogP contribution in [-0.2, 0) is 0 Å². The highest BCUT2D eigenvalue weighted by molar-refractivity contribution is 5.89. The van der Waals surface area contributed by atoms with Crippen LogP contribution >= 0.6 is 0 Å². The molecule has 0 atom stereocenters. The maximum Gasteiger partial charge on any atom is 0.335 e. The van der Waals surface area contributed by atoms with Crippen LogP contribution in [0.1, 0.15) is 37.0 Å². The normalized spacial score (nSPS) is 14.9. The zero-order chi connectivity index (χ0) is 15.7. The lowest BCUT2D eigenvalue weighted by molar-refractivity contribution is 0.0697. The highest BCUT2D eigenvalue weighted by Gasteiger charge is 2.12. The van der Waals surface area contributed by atoms with Crippen LogP contribution in [0.5, 0.6) is 0 Å². The van der Waals surface area contributed by atoms with E-state index in [1.807, 2.05) is 16.9 Å². The second-order valence-electron chi connectivity index (χ2n) is 5.66. The van der Waals surface area contributed by atoms with Crippen molar-refractivity contribution in [3.63, 3.8) is 0 Å². The summed E-state index contributed by atoms with van der Waals surface area (Å²) < 4.78 is 1.89. The molecule has 0 bridgehead atoms. The molecular formula is C18H18N2O2. The zero-order valence-corrected chi connectivity index (χ0v) is 12.7. The number of carboxylic acid groups (broad SMARTS) is 1. The Bertz CT molecular complexity index is 797. The largest absolute Gasteiger partial charge is 0.478 e. The van der Waals surface area contributed by atoms with Gasteiger partial charge in [-0.2, -0.15) is 5.10 Å². The van der Waals surface area contributed by atoms with Gasteiger partial charge in [-0.15, -0.1) is 0 Å². The first kappa shape index (κ1) is 14.3. The van der Waals surface area contributed by atoms with E-state index in [2.05, 4.69) is 25.0 Å². The fraction of sp³-hybridized carbons (Fsp3) is 0.222. The minimum atomic E-state index is -0.916. The Hall–Kier alpha value is -2.62. The third-order valence-corrected chi connectivity index (χ3v) is 4.13. The van der Waals surface area contributed by atoms with E-state index >= 15 is 0 Å². The molecule has 2 aromatic rings. The summed E-state index contributed by atoms with van der Waals surface area (Å²) in [6.07, 6.45) is 7.94. The van der Waals surface area contributed by atoms with E-state index in [9.17, 15) is 4.79 Å². The third-order valence-electron chi connectivity index (χ3n) is 4.13. The van der Waals surface area contributed by atoms with E-state index in [0.29, 0.717) is 0 Å².